The number of rotatable bonds is 8. The van der Waals surface area contributed by atoms with Gasteiger partial charge in [0.25, 0.3) is 0 Å². The predicted octanol–water partition coefficient (Wildman–Crippen LogP) is 6.19. The Hall–Kier alpha value is -4.09. The van der Waals surface area contributed by atoms with Crippen molar-refractivity contribution in [3.8, 4) is 5.75 Å². The lowest BCUT2D eigenvalue weighted by Gasteiger charge is -2.17. The molecule has 0 aliphatic carbocycles. The van der Waals surface area contributed by atoms with Crippen molar-refractivity contribution in [2.75, 3.05) is 6.61 Å². The molecule has 0 aliphatic rings. The quantitative estimate of drug-likeness (QED) is 0.285. The van der Waals surface area contributed by atoms with Crippen LogP contribution in [-0.4, -0.2) is 31.9 Å². The number of nitrogens with zero attached hydrogens (tertiary/aromatic N) is 3. The maximum absolute atomic E-state index is 11.4. The van der Waals surface area contributed by atoms with Crippen LogP contribution in [0.25, 0.3) is 32.8 Å². The van der Waals surface area contributed by atoms with E-state index in [9.17, 15) is 5.11 Å². The fraction of sp³-hybridized carbons (Fsp3) is 0.194. The van der Waals surface area contributed by atoms with E-state index in [1.54, 1.807) is 0 Å². The molecule has 2 heterocycles. The van der Waals surface area contributed by atoms with Crippen LogP contribution in [0.15, 0.2) is 97.1 Å². The average Bonchev–Trinajstić information content (AvgIpc) is 3.41. The summed E-state index contributed by atoms with van der Waals surface area (Å²) in [6.07, 6.45) is 0.101. The van der Waals surface area contributed by atoms with Crippen molar-refractivity contribution in [2.24, 2.45) is 0 Å². The molecule has 0 bridgehead atoms. The Balaban J connectivity index is 1.32. The minimum absolute atomic E-state index is 0.466. The first kappa shape index (κ1) is 22.4. The lowest BCUT2D eigenvalue weighted by Crippen LogP contribution is -2.23. The van der Waals surface area contributed by atoms with Crippen molar-refractivity contribution in [1.82, 2.24) is 14.1 Å². The monoisotopic (exact) mass is 475 g/mol. The maximum Gasteiger partial charge on any atom is 0.119 e. The molecule has 36 heavy (non-hydrogen) atoms. The van der Waals surface area contributed by atoms with E-state index in [1.165, 1.54) is 10.8 Å². The van der Waals surface area contributed by atoms with Crippen LogP contribution >= 0.6 is 0 Å². The van der Waals surface area contributed by atoms with E-state index in [4.69, 9.17) is 9.72 Å². The van der Waals surface area contributed by atoms with Crippen molar-refractivity contribution in [3.05, 3.63) is 108 Å². The van der Waals surface area contributed by atoms with E-state index in [0.29, 0.717) is 26.1 Å². The maximum atomic E-state index is 11.4. The number of benzene rings is 4. The van der Waals surface area contributed by atoms with Gasteiger partial charge in [-0.2, -0.15) is 0 Å². The van der Waals surface area contributed by atoms with Crippen LogP contribution in [0, 0.1) is 0 Å². The van der Waals surface area contributed by atoms with Gasteiger partial charge in [0.2, 0.25) is 0 Å². The lowest BCUT2D eigenvalue weighted by molar-refractivity contribution is 0.137. The molecule has 0 spiro atoms. The van der Waals surface area contributed by atoms with Gasteiger partial charge in [-0.15, -0.1) is 0 Å². The molecule has 180 valence electrons. The third-order valence-electron chi connectivity index (χ3n) is 6.80. The summed E-state index contributed by atoms with van der Waals surface area (Å²) >= 11 is 0. The molecule has 0 fully saturated rings. The van der Waals surface area contributed by atoms with E-state index in [-0.39, 0.29) is 0 Å². The molecular formula is C31H29N3O2. The normalized spacial score (nSPS) is 12.5. The third kappa shape index (κ3) is 4.12. The summed E-state index contributed by atoms with van der Waals surface area (Å²) in [4.78, 5) is 4.93. The number of imidazole rings is 1. The minimum Gasteiger partial charge on any atom is -0.494 e. The average molecular weight is 476 g/mol. The summed E-state index contributed by atoms with van der Waals surface area (Å²) < 4.78 is 10.00. The number of aliphatic hydroxyl groups is 1. The van der Waals surface area contributed by atoms with Gasteiger partial charge in [0.1, 0.15) is 11.6 Å². The molecule has 0 saturated carbocycles. The Kier molecular flexibility index (Phi) is 5.91. The molecule has 0 radical (unpaired) electrons. The highest BCUT2D eigenvalue weighted by Gasteiger charge is 2.17. The third-order valence-corrected chi connectivity index (χ3v) is 6.80. The molecule has 0 aliphatic heterocycles. The first-order valence-corrected chi connectivity index (χ1v) is 12.5. The van der Waals surface area contributed by atoms with E-state index >= 15 is 0 Å². The smallest absolute Gasteiger partial charge is 0.119 e. The van der Waals surface area contributed by atoms with Crippen LogP contribution in [0.1, 0.15) is 18.3 Å². The number of hydrogen-bond donors (Lipinski definition) is 1. The van der Waals surface area contributed by atoms with Gasteiger partial charge in [0.05, 0.1) is 36.8 Å². The lowest BCUT2D eigenvalue weighted by atomic mass is 10.1. The zero-order valence-corrected chi connectivity index (χ0v) is 20.3. The predicted molar refractivity (Wildman–Crippen MR) is 146 cm³/mol. The van der Waals surface area contributed by atoms with Crippen molar-refractivity contribution in [3.63, 3.8) is 0 Å². The number of aromatic nitrogens is 3. The zero-order valence-electron chi connectivity index (χ0n) is 20.3. The van der Waals surface area contributed by atoms with E-state index < -0.39 is 6.10 Å². The van der Waals surface area contributed by atoms with Gasteiger partial charge < -0.3 is 19.0 Å². The van der Waals surface area contributed by atoms with Gasteiger partial charge >= 0.3 is 0 Å². The number of para-hydroxylation sites is 4. The molecule has 0 unspecified atom stereocenters. The number of ether oxygens (including phenoxy) is 1. The summed E-state index contributed by atoms with van der Waals surface area (Å²) in [6.45, 7) is 3.61. The van der Waals surface area contributed by atoms with Gasteiger partial charge in [0, 0.05) is 28.2 Å². The first-order chi connectivity index (χ1) is 17.7. The van der Waals surface area contributed by atoms with Gasteiger partial charge in [-0.1, -0.05) is 60.7 Å². The van der Waals surface area contributed by atoms with Crippen molar-refractivity contribution >= 4 is 32.8 Å². The second kappa shape index (κ2) is 9.51. The number of hydrogen-bond acceptors (Lipinski definition) is 3. The van der Waals surface area contributed by atoms with Crippen LogP contribution in [0.2, 0.25) is 0 Å². The zero-order chi connectivity index (χ0) is 24.5. The van der Waals surface area contributed by atoms with Crippen molar-refractivity contribution < 1.29 is 9.84 Å². The highest BCUT2D eigenvalue weighted by Crippen LogP contribution is 2.29. The standard InChI is InChI=1S/C31H29N3O2/c1-2-36-24-17-15-22(16-18-24)19-31-32-27-11-5-8-14-30(27)34(31)21-23(35)20-33-28-12-6-3-9-25(28)26-10-4-7-13-29(26)33/h3-18,23,35H,2,19-21H2,1H3/t23-/m0/s1. The molecular weight excluding hydrogens is 446 g/mol. The van der Waals surface area contributed by atoms with Crippen LogP contribution in [0.3, 0.4) is 0 Å². The molecule has 5 nitrogen and oxygen atoms in total. The summed E-state index contributed by atoms with van der Waals surface area (Å²) in [5.41, 5.74) is 5.43. The van der Waals surface area contributed by atoms with E-state index in [1.807, 2.05) is 37.3 Å². The molecule has 0 saturated heterocycles. The molecule has 2 aromatic heterocycles. The Morgan fingerprint density at radius 1 is 0.722 bits per heavy atom. The molecule has 4 aromatic carbocycles. The van der Waals surface area contributed by atoms with Gasteiger partial charge in [-0.25, -0.2) is 4.98 Å². The SMILES string of the molecule is CCOc1ccc(Cc2nc3ccccc3n2C[C@@H](O)Cn2c3ccccc3c3ccccc32)cc1. The topological polar surface area (TPSA) is 52.2 Å². The molecule has 6 aromatic rings. The Morgan fingerprint density at radius 3 is 1.97 bits per heavy atom. The Bertz CT molecular complexity index is 1590. The van der Waals surface area contributed by atoms with Crippen LogP contribution in [0.5, 0.6) is 5.75 Å². The summed E-state index contributed by atoms with van der Waals surface area (Å²) in [6, 6.07) is 33.2. The summed E-state index contributed by atoms with van der Waals surface area (Å²) in [5.74, 6) is 1.82. The molecule has 1 atom stereocenters. The van der Waals surface area contributed by atoms with E-state index in [0.717, 1.165) is 39.2 Å². The largest absolute Gasteiger partial charge is 0.494 e. The number of fused-ring (bicyclic) bond motifs is 4. The summed E-state index contributed by atoms with van der Waals surface area (Å²) in [5, 5.41) is 13.8. The Morgan fingerprint density at radius 2 is 1.31 bits per heavy atom. The second-order valence-corrected chi connectivity index (χ2v) is 9.18. The van der Waals surface area contributed by atoms with Crippen LogP contribution in [0.4, 0.5) is 0 Å². The molecule has 5 heteroatoms. The highest BCUT2D eigenvalue weighted by molar-refractivity contribution is 6.07. The van der Waals surface area contributed by atoms with E-state index in [2.05, 4.69) is 75.9 Å². The van der Waals surface area contributed by atoms with Crippen molar-refractivity contribution in [1.29, 1.82) is 0 Å². The second-order valence-electron chi connectivity index (χ2n) is 9.18. The Labute approximate surface area is 210 Å². The van der Waals surface area contributed by atoms with Gasteiger partial charge in [0.15, 0.2) is 0 Å². The van der Waals surface area contributed by atoms with Gasteiger partial charge in [-0.05, 0) is 48.9 Å². The fourth-order valence-corrected chi connectivity index (χ4v) is 5.20. The summed E-state index contributed by atoms with van der Waals surface area (Å²) in [7, 11) is 0. The minimum atomic E-state index is -0.583. The van der Waals surface area contributed by atoms with Crippen molar-refractivity contribution in [2.45, 2.75) is 32.5 Å². The first-order valence-electron chi connectivity index (χ1n) is 12.5. The van der Waals surface area contributed by atoms with Crippen LogP contribution in [-0.2, 0) is 19.5 Å². The molecule has 1 N–H and O–H groups in total. The van der Waals surface area contributed by atoms with Crippen LogP contribution < -0.4 is 4.74 Å². The fourth-order valence-electron chi connectivity index (χ4n) is 5.20. The molecule has 0 amide bonds. The van der Waals surface area contributed by atoms with Gasteiger partial charge in [-0.3, -0.25) is 0 Å². The highest BCUT2D eigenvalue weighted by atomic mass is 16.5. The molecule has 6 rings (SSSR count). The number of aliphatic hydroxyl groups excluding tert-OH is 1.